The van der Waals surface area contributed by atoms with E-state index in [0.717, 1.165) is 41.0 Å². The molecule has 1 aliphatic heterocycles. The summed E-state index contributed by atoms with van der Waals surface area (Å²) in [7, 11) is 0. The van der Waals surface area contributed by atoms with Crippen LogP contribution in [0.2, 0.25) is 0 Å². The molecular formula is C24H20N2O5. The Bertz CT molecular complexity index is 1250. The van der Waals surface area contributed by atoms with Gasteiger partial charge in [0.1, 0.15) is 0 Å². The fourth-order valence-electron chi connectivity index (χ4n) is 4.12. The highest BCUT2D eigenvalue weighted by Crippen LogP contribution is 2.38. The van der Waals surface area contributed by atoms with Crippen LogP contribution >= 0.6 is 0 Å². The zero-order valence-electron chi connectivity index (χ0n) is 16.7. The van der Waals surface area contributed by atoms with Gasteiger partial charge >= 0.3 is 5.97 Å². The standard InChI is InChI=1S/C24H20N2O5/c25-21(27)12-29-24(28)22-16-5-1-2-7-18(16)26-23-15(4-3-6-17(22)23)10-14-8-9-19-20(11-14)31-13-30-19/h1-2,5,7-11H,3-4,6,12-13H2,(H2,25,27)/b15-10+. The Balaban J connectivity index is 1.63. The zero-order valence-corrected chi connectivity index (χ0v) is 16.7. The smallest absolute Gasteiger partial charge is 0.339 e. The number of carbonyl (C=O) groups excluding carboxylic acids is 2. The van der Waals surface area contributed by atoms with Crippen LogP contribution in [0.25, 0.3) is 22.6 Å². The molecule has 7 heteroatoms. The largest absolute Gasteiger partial charge is 0.454 e. The molecule has 2 aromatic carbocycles. The van der Waals surface area contributed by atoms with Crippen LogP contribution in [0, 0.1) is 0 Å². The first-order valence-corrected chi connectivity index (χ1v) is 10.1. The summed E-state index contributed by atoms with van der Waals surface area (Å²) < 4.78 is 16.1. The number of pyridine rings is 1. The summed E-state index contributed by atoms with van der Waals surface area (Å²) in [6, 6.07) is 13.2. The van der Waals surface area contributed by atoms with Gasteiger partial charge in [-0.1, -0.05) is 24.3 Å². The van der Waals surface area contributed by atoms with Gasteiger partial charge in [-0.15, -0.1) is 0 Å². The summed E-state index contributed by atoms with van der Waals surface area (Å²) in [5, 5.41) is 0.708. The van der Waals surface area contributed by atoms with Crippen molar-refractivity contribution < 1.29 is 23.8 Å². The number of rotatable bonds is 4. The summed E-state index contributed by atoms with van der Waals surface area (Å²) in [4.78, 5) is 28.9. The van der Waals surface area contributed by atoms with Crippen molar-refractivity contribution in [3.63, 3.8) is 0 Å². The summed E-state index contributed by atoms with van der Waals surface area (Å²) in [6.45, 7) is -0.230. The van der Waals surface area contributed by atoms with E-state index in [-0.39, 0.29) is 6.79 Å². The quantitative estimate of drug-likeness (QED) is 0.654. The molecule has 1 aliphatic carbocycles. The Morgan fingerprint density at radius 3 is 2.81 bits per heavy atom. The van der Waals surface area contributed by atoms with Crippen molar-refractivity contribution in [2.45, 2.75) is 19.3 Å². The normalized spacial score (nSPS) is 15.7. The fraction of sp³-hybridized carbons (Fsp3) is 0.208. The van der Waals surface area contributed by atoms with Crippen molar-refractivity contribution in [2.24, 2.45) is 5.73 Å². The summed E-state index contributed by atoms with van der Waals surface area (Å²) in [6.07, 6.45) is 4.48. The lowest BCUT2D eigenvalue weighted by Crippen LogP contribution is -2.22. The average molecular weight is 416 g/mol. The molecule has 0 fully saturated rings. The van der Waals surface area contributed by atoms with Gasteiger partial charge in [-0.3, -0.25) is 4.79 Å². The highest BCUT2D eigenvalue weighted by atomic mass is 16.7. The second-order valence-corrected chi connectivity index (χ2v) is 7.51. The SMILES string of the molecule is NC(=O)COC(=O)c1c2c(nc3ccccc13)/C(=C/c1ccc3c(c1)OCO3)CCC2. The van der Waals surface area contributed by atoms with E-state index in [9.17, 15) is 9.59 Å². The van der Waals surface area contributed by atoms with Crippen LogP contribution in [0.3, 0.4) is 0 Å². The molecule has 1 aromatic heterocycles. The molecule has 0 unspecified atom stereocenters. The van der Waals surface area contributed by atoms with E-state index in [1.54, 1.807) is 0 Å². The maximum atomic E-state index is 12.9. The number of benzene rings is 2. The molecule has 0 saturated heterocycles. The first-order chi connectivity index (χ1) is 15.1. The molecule has 2 heterocycles. The molecule has 2 aliphatic rings. The van der Waals surface area contributed by atoms with Crippen LogP contribution < -0.4 is 15.2 Å². The Morgan fingerprint density at radius 2 is 1.94 bits per heavy atom. The Hall–Kier alpha value is -3.87. The maximum absolute atomic E-state index is 12.9. The molecule has 1 amide bonds. The van der Waals surface area contributed by atoms with Gasteiger partial charge in [0.15, 0.2) is 18.1 Å². The molecule has 31 heavy (non-hydrogen) atoms. The lowest BCUT2D eigenvalue weighted by atomic mass is 9.86. The third-order valence-corrected chi connectivity index (χ3v) is 5.46. The van der Waals surface area contributed by atoms with Crippen molar-refractivity contribution in [3.05, 3.63) is 64.8 Å². The third-order valence-electron chi connectivity index (χ3n) is 5.46. The Morgan fingerprint density at radius 1 is 1.10 bits per heavy atom. The minimum Gasteiger partial charge on any atom is -0.454 e. The highest BCUT2D eigenvalue weighted by molar-refractivity contribution is 6.07. The van der Waals surface area contributed by atoms with Crippen molar-refractivity contribution in [1.82, 2.24) is 4.98 Å². The Kier molecular flexibility index (Phi) is 4.78. The van der Waals surface area contributed by atoms with Crippen LogP contribution in [0.1, 0.15) is 40.0 Å². The summed E-state index contributed by atoms with van der Waals surface area (Å²) in [5.74, 6) is 0.198. The van der Waals surface area contributed by atoms with Crippen molar-refractivity contribution >= 4 is 34.4 Å². The lowest BCUT2D eigenvalue weighted by molar-refractivity contribution is -0.121. The molecule has 0 radical (unpaired) electrons. The number of aromatic nitrogens is 1. The van der Waals surface area contributed by atoms with Gasteiger partial charge in [0.25, 0.3) is 5.91 Å². The molecule has 2 N–H and O–H groups in total. The van der Waals surface area contributed by atoms with E-state index in [1.165, 1.54) is 0 Å². The number of nitrogens with zero attached hydrogens (tertiary/aromatic N) is 1. The zero-order chi connectivity index (χ0) is 21.4. The van der Waals surface area contributed by atoms with E-state index in [0.29, 0.717) is 28.6 Å². The van der Waals surface area contributed by atoms with E-state index in [2.05, 4.69) is 6.08 Å². The van der Waals surface area contributed by atoms with Gasteiger partial charge in [-0.25, -0.2) is 9.78 Å². The molecular weight excluding hydrogens is 396 g/mol. The average Bonchev–Trinajstić information content (AvgIpc) is 3.24. The molecule has 0 atom stereocenters. The molecule has 0 spiro atoms. The second-order valence-electron chi connectivity index (χ2n) is 7.51. The van der Waals surface area contributed by atoms with Crippen LogP contribution in [0.4, 0.5) is 0 Å². The number of primary amides is 1. The van der Waals surface area contributed by atoms with Crippen LogP contribution in [-0.4, -0.2) is 30.3 Å². The minimum atomic E-state index is -0.691. The Labute approximate surface area is 178 Å². The first kappa shape index (κ1) is 19.1. The maximum Gasteiger partial charge on any atom is 0.339 e. The summed E-state index contributed by atoms with van der Waals surface area (Å²) >= 11 is 0. The van der Waals surface area contributed by atoms with Crippen LogP contribution in [0.5, 0.6) is 11.5 Å². The first-order valence-electron chi connectivity index (χ1n) is 10.1. The molecule has 156 valence electrons. The lowest BCUT2D eigenvalue weighted by Gasteiger charge is -2.22. The number of hydrogen-bond donors (Lipinski definition) is 1. The van der Waals surface area contributed by atoms with E-state index in [4.69, 9.17) is 24.9 Å². The predicted octanol–water partition coefficient (Wildman–Crippen LogP) is 3.48. The van der Waals surface area contributed by atoms with Gasteiger partial charge in [0, 0.05) is 5.39 Å². The topological polar surface area (TPSA) is 101 Å². The minimum absolute atomic E-state index is 0.225. The number of fused-ring (bicyclic) bond motifs is 3. The van der Waals surface area contributed by atoms with Crippen molar-refractivity contribution in [3.8, 4) is 11.5 Å². The van der Waals surface area contributed by atoms with Gasteiger partial charge in [0.2, 0.25) is 6.79 Å². The number of allylic oxidation sites excluding steroid dienone is 1. The molecule has 0 saturated carbocycles. The number of esters is 1. The van der Waals surface area contributed by atoms with Gasteiger partial charge in [-0.2, -0.15) is 0 Å². The molecule has 5 rings (SSSR count). The number of carbonyl (C=O) groups is 2. The van der Waals surface area contributed by atoms with E-state index in [1.807, 2.05) is 42.5 Å². The van der Waals surface area contributed by atoms with Crippen LogP contribution in [-0.2, 0) is 16.0 Å². The monoisotopic (exact) mass is 416 g/mol. The van der Waals surface area contributed by atoms with Crippen LogP contribution in [0.15, 0.2) is 42.5 Å². The van der Waals surface area contributed by atoms with E-state index >= 15 is 0 Å². The van der Waals surface area contributed by atoms with Gasteiger partial charge in [0.05, 0.1) is 16.8 Å². The number of hydrogen-bond acceptors (Lipinski definition) is 6. The second kappa shape index (κ2) is 7.75. The molecule has 7 nitrogen and oxygen atoms in total. The number of nitrogens with two attached hydrogens (primary N) is 1. The molecule has 0 bridgehead atoms. The number of ether oxygens (including phenoxy) is 3. The van der Waals surface area contributed by atoms with Gasteiger partial charge in [-0.05, 0) is 60.2 Å². The number of para-hydroxylation sites is 1. The van der Waals surface area contributed by atoms with E-state index < -0.39 is 18.5 Å². The van der Waals surface area contributed by atoms with Crippen molar-refractivity contribution in [2.75, 3.05) is 13.4 Å². The number of amides is 1. The highest BCUT2D eigenvalue weighted by Gasteiger charge is 2.26. The predicted molar refractivity (Wildman–Crippen MR) is 115 cm³/mol. The van der Waals surface area contributed by atoms with Crippen molar-refractivity contribution in [1.29, 1.82) is 0 Å². The molecule has 3 aromatic rings. The third kappa shape index (κ3) is 3.59. The summed E-state index contributed by atoms with van der Waals surface area (Å²) in [5.41, 5.74) is 9.95. The fourth-order valence-corrected chi connectivity index (χ4v) is 4.12. The van der Waals surface area contributed by atoms with Gasteiger partial charge < -0.3 is 19.9 Å².